The summed E-state index contributed by atoms with van der Waals surface area (Å²) in [6.07, 6.45) is -2.60. The first-order valence-corrected chi connectivity index (χ1v) is 10.9. The van der Waals surface area contributed by atoms with E-state index >= 15 is 0 Å². The number of rotatable bonds is 11. The Kier molecular flexibility index (Phi) is 9.39. The van der Waals surface area contributed by atoms with Crippen LogP contribution in [0.15, 0.2) is 48.5 Å². The van der Waals surface area contributed by atoms with Crippen LogP contribution in [0.4, 0.5) is 13.2 Å². The van der Waals surface area contributed by atoms with Gasteiger partial charge in [-0.15, -0.1) is 0 Å². The largest absolute Gasteiger partial charge is 0.493 e. The Morgan fingerprint density at radius 3 is 2.38 bits per heavy atom. The molecule has 0 aromatic heterocycles. The van der Waals surface area contributed by atoms with Crippen molar-refractivity contribution in [3.05, 3.63) is 65.2 Å². The van der Waals surface area contributed by atoms with Crippen LogP contribution in [0.5, 0.6) is 5.75 Å². The van der Waals surface area contributed by atoms with E-state index in [0.29, 0.717) is 37.2 Å². The molecule has 1 atom stereocenters. The summed E-state index contributed by atoms with van der Waals surface area (Å²) in [5.74, 6) is 2.38. The highest BCUT2D eigenvalue weighted by molar-refractivity contribution is 5.94. The molecule has 8 heteroatoms. The SMILES string of the molecule is [2H]C(c1ccccc1OCCCCCC(=O)O)N(C(=O)c1ccc(C#CC(F)(F)F)cc1)C(C)C. The summed E-state index contributed by atoms with van der Waals surface area (Å²) in [7, 11) is 0. The standard InChI is InChI=1S/C26H28F3NO4/c1-19(2)30(25(33)21-13-11-20(12-14-21)15-16-26(27,28)29)18-22-8-5-6-9-23(22)34-17-7-3-4-10-24(31)32/h5-6,8-9,11-14,19H,3-4,7,10,17-18H2,1-2H3,(H,31,32)/i18D. The summed E-state index contributed by atoms with van der Waals surface area (Å²) in [5.41, 5.74) is 0.845. The summed E-state index contributed by atoms with van der Waals surface area (Å²) in [4.78, 5) is 25.2. The molecule has 5 nitrogen and oxygen atoms in total. The molecule has 0 spiro atoms. The molecule has 0 aliphatic rings. The molecule has 34 heavy (non-hydrogen) atoms. The zero-order chi connectivity index (χ0) is 26.0. The number of halogens is 3. The minimum absolute atomic E-state index is 0.104. The molecule has 0 aliphatic heterocycles. The number of nitrogens with zero attached hydrogens (tertiary/aromatic N) is 1. The van der Waals surface area contributed by atoms with Crippen LogP contribution in [0.2, 0.25) is 0 Å². The van der Waals surface area contributed by atoms with E-state index in [0.717, 1.165) is 0 Å². The number of para-hydroxylation sites is 1. The molecule has 0 heterocycles. The molecule has 2 aromatic carbocycles. The van der Waals surface area contributed by atoms with Crippen LogP contribution in [0.25, 0.3) is 0 Å². The topological polar surface area (TPSA) is 66.8 Å². The third-order valence-electron chi connectivity index (χ3n) is 4.76. The zero-order valence-corrected chi connectivity index (χ0v) is 19.1. The average molecular weight is 477 g/mol. The van der Waals surface area contributed by atoms with Crippen molar-refractivity contribution in [2.24, 2.45) is 0 Å². The van der Waals surface area contributed by atoms with Gasteiger partial charge in [0.1, 0.15) is 5.75 Å². The van der Waals surface area contributed by atoms with Gasteiger partial charge < -0.3 is 14.7 Å². The molecule has 2 rings (SSSR count). The maximum absolute atomic E-state index is 13.2. The quantitative estimate of drug-likeness (QED) is 0.335. The lowest BCUT2D eigenvalue weighted by atomic mass is 10.1. The molecule has 1 unspecified atom stereocenters. The van der Waals surface area contributed by atoms with Crippen molar-refractivity contribution >= 4 is 11.9 Å². The smallest absolute Gasteiger partial charge is 0.458 e. The third-order valence-corrected chi connectivity index (χ3v) is 4.76. The number of amides is 1. The van der Waals surface area contributed by atoms with Crippen molar-refractivity contribution in [3.8, 4) is 17.6 Å². The second kappa shape index (κ2) is 12.7. The third kappa shape index (κ3) is 9.18. The molecule has 1 N–H and O–H groups in total. The zero-order valence-electron chi connectivity index (χ0n) is 20.1. The lowest BCUT2D eigenvalue weighted by Gasteiger charge is -2.28. The number of alkyl halides is 3. The first-order valence-electron chi connectivity index (χ1n) is 11.5. The van der Waals surface area contributed by atoms with E-state index in [1.165, 1.54) is 35.1 Å². The predicted molar refractivity (Wildman–Crippen MR) is 122 cm³/mol. The highest BCUT2D eigenvalue weighted by atomic mass is 19.4. The van der Waals surface area contributed by atoms with Gasteiger partial charge in [-0.3, -0.25) is 9.59 Å². The molecule has 182 valence electrons. The normalized spacial score (nSPS) is 12.4. The highest BCUT2D eigenvalue weighted by Crippen LogP contribution is 2.23. The van der Waals surface area contributed by atoms with Crippen LogP contribution < -0.4 is 4.74 Å². The number of ether oxygens (including phenoxy) is 1. The van der Waals surface area contributed by atoms with E-state index in [2.05, 4.69) is 0 Å². The van der Waals surface area contributed by atoms with Gasteiger partial charge in [-0.05, 0) is 63.4 Å². The van der Waals surface area contributed by atoms with Crippen molar-refractivity contribution in [3.63, 3.8) is 0 Å². The number of unbranched alkanes of at least 4 members (excludes halogenated alkanes) is 2. The second-order valence-electron chi connectivity index (χ2n) is 7.85. The van der Waals surface area contributed by atoms with Gasteiger partial charge in [0.2, 0.25) is 0 Å². The summed E-state index contributed by atoms with van der Waals surface area (Å²) in [6, 6.07) is 12.0. The first kappa shape index (κ1) is 25.2. The van der Waals surface area contributed by atoms with E-state index in [-0.39, 0.29) is 23.6 Å². The van der Waals surface area contributed by atoms with Gasteiger partial charge in [0.05, 0.1) is 7.98 Å². The van der Waals surface area contributed by atoms with Crippen LogP contribution in [-0.2, 0) is 11.3 Å². The number of hydrogen-bond donors (Lipinski definition) is 1. The molecule has 1 amide bonds. The van der Waals surface area contributed by atoms with Crippen molar-refractivity contribution < 1.29 is 34.0 Å². The van der Waals surface area contributed by atoms with Crippen molar-refractivity contribution in [2.75, 3.05) is 6.61 Å². The van der Waals surface area contributed by atoms with Gasteiger partial charge in [-0.2, -0.15) is 13.2 Å². The number of hydrogen-bond acceptors (Lipinski definition) is 3. The van der Waals surface area contributed by atoms with E-state index < -0.39 is 24.6 Å². The lowest BCUT2D eigenvalue weighted by molar-refractivity contribution is -0.137. The summed E-state index contributed by atoms with van der Waals surface area (Å²) >= 11 is 0. The van der Waals surface area contributed by atoms with Gasteiger partial charge in [-0.1, -0.05) is 24.1 Å². The maximum atomic E-state index is 13.2. The fourth-order valence-corrected chi connectivity index (χ4v) is 3.04. The summed E-state index contributed by atoms with van der Waals surface area (Å²) in [6.45, 7) is 2.80. The van der Waals surface area contributed by atoms with Crippen molar-refractivity contribution in [1.82, 2.24) is 4.90 Å². The Bertz CT molecular complexity index is 1060. The van der Waals surface area contributed by atoms with E-state index in [1.807, 2.05) is 5.92 Å². The number of benzene rings is 2. The minimum atomic E-state index is -4.60. The monoisotopic (exact) mass is 476 g/mol. The molecule has 2 aromatic rings. The molecule has 0 aliphatic carbocycles. The summed E-state index contributed by atoms with van der Waals surface area (Å²) in [5, 5.41) is 8.71. The molecule has 0 bridgehead atoms. The fraction of sp³-hybridized carbons (Fsp3) is 0.385. The molecule has 0 radical (unpaired) electrons. The van der Waals surface area contributed by atoms with Gasteiger partial charge in [-0.25, -0.2) is 0 Å². The van der Waals surface area contributed by atoms with Crippen LogP contribution >= 0.6 is 0 Å². The Morgan fingerprint density at radius 1 is 1.09 bits per heavy atom. The van der Waals surface area contributed by atoms with Crippen molar-refractivity contribution in [2.45, 2.75) is 58.3 Å². The second-order valence-corrected chi connectivity index (χ2v) is 7.85. The maximum Gasteiger partial charge on any atom is 0.458 e. The number of carboxylic acids is 1. The van der Waals surface area contributed by atoms with E-state index in [4.69, 9.17) is 11.2 Å². The van der Waals surface area contributed by atoms with Gasteiger partial charge in [0.15, 0.2) is 0 Å². The predicted octanol–water partition coefficient (Wildman–Crippen LogP) is 5.68. The molecule has 0 saturated carbocycles. The number of carbonyl (C=O) groups excluding carboxylic acids is 1. The molecular weight excluding hydrogens is 447 g/mol. The Morgan fingerprint density at radius 2 is 1.76 bits per heavy atom. The Balaban J connectivity index is 2.15. The Labute approximate surface area is 198 Å². The number of aliphatic carboxylic acids is 1. The van der Waals surface area contributed by atoms with Crippen LogP contribution in [0.3, 0.4) is 0 Å². The molecule has 0 saturated heterocycles. The van der Waals surface area contributed by atoms with Crippen LogP contribution in [-0.4, -0.2) is 40.7 Å². The molecule has 0 fully saturated rings. The Hall–Kier alpha value is -3.47. The lowest BCUT2D eigenvalue weighted by Crippen LogP contribution is -2.36. The fourth-order valence-electron chi connectivity index (χ4n) is 3.04. The first-order chi connectivity index (χ1) is 16.5. The van der Waals surface area contributed by atoms with E-state index in [9.17, 15) is 22.8 Å². The van der Waals surface area contributed by atoms with Crippen LogP contribution in [0, 0.1) is 11.8 Å². The highest BCUT2D eigenvalue weighted by Gasteiger charge is 2.23. The van der Waals surface area contributed by atoms with E-state index in [1.54, 1.807) is 38.1 Å². The van der Waals surface area contributed by atoms with Gasteiger partial charge >= 0.3 is 12.1 Å². The summed E-state index contributed by atoms with van der Waals surface area (Å²) < 4.78 is 51.5. The number of carbonyl (C=O) groups is 2. The minimum Gasteiger partial charge on any atom is -0.493 e. The molecular formula is C26H28F3NO4. The number of carboxylic acid groups (broad SMARTS) is 1. The van der Waals surface area contributed by atoms with Crippen molar-refractivity contribution in [1.29, 1.82) is 0 Å². The average Bonchev–Trinajstić information content (AvgIpc) is 2.79. The van der Waals surface area contributed by atoms with Gasteiger partial charge in [0.25, 0.3) is 5.91 Å². The van der Waals surface area contributed by atoms with Gasteiger partial charge in [0, 0.05) is 41.6 Å². The van der Waals surface area contributed by atoms with Crippen LogP contribution in [0.1, 0.15) is 62.4 Å².